The maximum Gasteiger partial charge on any atom is 0.0637 e. The molecule has 0 saturated heterocycles. The van der Waals surface area contributed by atoms with E-state index in [4.69, 9.17) is 32.7 Å². The second-order valence-corrected chi connectivity index (χ2v) is 4.58. The number of halogens is 2. The highest BCUT2D eigenvalue weighted by Gasteiger charge is 2.11. The summed E-state index contributed by atoms with van der Waals surface area (Å²) in [4.78, 5) is 2.18. The average molecular weight is 292 g/mol. The molecule has 0 radical (unpaired) electrons. The van der Waals surface area contributed by atoms with Crippen molar-refractivity contribution in [1.82, 2.24) is 0 Å². The van der Waals surface area contributed by atoms with Crippen molar-refractivity contribution in [1.29, 1.82) is 0 Å². The molecule has 5 heteroatoms. The van der Waals surface area contributed by atoms with E-state index in [0.717, 1.165) is 24.3 Å². The first-order valence-corrected chi connectivity index (χ1v) is 6.71. The van der Waals surface area contributed by atoms with E-state index in [2.05, 4.69) is 4.90 Å². The van der Waals surface area contributed by atoms with Gasteiger partial charge >= 0.3 is 0 Å². The largest absolute Gasteiger partial charge is 0.383 e. The van der Waals surface area contributed by atoms with Crippen LogP contribution in [0, 0.1) is 0 Å². The molecule has 0 N–H and O–H groups in total. The Hall–Kier alpha value is -0.480. The van der Waals surface area contributed by atoms with Crippen molar-refractivity contribution in [3.05, 3.63) is 28.8 Å². The Morgan fingerprint density at radius 1 is 1.11 bits per heavy atom. The minimum absolute atomic E-state index is 0.461. The number of anilines is 1. The van der Waals surface area contributed by atoms with Gasteiger partial charge < -0.3 is 14.4 Å². The van der Waals surface area contributed by atoms with Crippen LogP contribution in [0.3, 0.4) is 0 Å². The monoisotopic (exact) mass is 291 g/mol. The van der Waals surface area contributed by atoms with E-state index in [9.17, 15) is 0 Å². The number of alkyl halides is 1. The number of methoxy groups -OCH3 is 2. The van der Waals surface area contributed by atoms with E-state index >= 15 is 0 Å². The number of rotatable bonds is 8. The van der Waals surface area contributed by atoms with Crippen molar-refractivity contribution in [3.63, 3.8) is 0 Å². The van der Waals surface area contributed by atoms with Gasteiger partial charge in [-0.15, -0.1) is 11.6 Å². The summed E-state index contributed by atoms with van der Waals surface area (Å²) in [6.07, 6.45) is 0. The Morgan fingerprint density at radius 2 is 1.72 bits per heavy atom. The Bertz CT molecular complexity index is 353. The van der Waals surface area contributed by atoms with Crippen molar-refractivity contribution in [2.75, 3.05) is 45.4 Å². The summed E-state index contributed by atoms with van der Waals surface area (Å²) in [5.74, 6) is 0.461. The first-order chi connectivity index (χ1) is 8.72. The smallest absolute Gasteiger partial charge is 0.0637 e. The Labute approximate surface area is 119 Å². The minimum Gasteiger partial charge on any atom is -0.383 e. The lowest BCUT2D eigenvalue weighted by Gasteiger charge is -2.26. The second kappa shape index (κ2) is 8.59. The highest BCUT2D eigenvalue weighted by molar-refractivity contribution is 6.31. The maximum atomic E-state index is 6.05. The van der Waals surface area contributed by atoms with E-state index in [1.807, 2.05) is 18.2 Å². The lowest BCUT2D eigenvalue weighted by Crippen LogP contribution is -2.31. The quantitative estimate of drug-likeness (QED) is 0.687. The zero-order valence-corrected chi connectivity index (χ0v) is 12.3. The summed E-state index contributed by atoms with van der Waals surface area (Å²) in [5.41, 5.74) is 2.11. The third-order valence-corrected chi connectivity index (χ3v) is 3.19. The predicted octanol–water partition coefficient (Wildman–Crippen LogP) is 3.18. The Balaban J connectivity index is 2.90. The van der Waals surface area contributed by atoms with Crippen molar-refractivity contribution >= 4 is 28.9 Å². The Kier molecular flexibility index (Phi) is 7.44. The molecule has 0 saturated carbocycles. The Morgan fingerprint density at radius 3 is 2.22 bits per heavy atom. The van der Waals surface area contributed by atoms with Crippen LogP contribution in [0.15, 0.2) is 18.2 Å². The van der Waals surface area contributed by atoms with Gasteiger partial charge in [0.15, 0.2) is 0 Å². The van der Waals surface area contributed by atoms with Gasteiger partial charge in [-0.25, -0.2) is 0 Å². The standard InChI is InChI=1S/C13H19Cl2NO2/c1-17-7-5-16(6-8-18-2)13-9-12(15)4-3-11(13)10-14/h3-4,9H,5-8,10H2,1-2H3. The van der Waals surface area contributed by atoms with E-state index in [1.165, 1.54) is 0 Å². The molecule has 0 atom stereocenters. The normalized spacial score (nSPS) is 10.7. The van der Waals surface area contributed by atoms with Crippen molar-refractivity contribution in [3.8, 4) is 0 Å². The number of benzene rings is 1. The van der Waals surface area contributed by atoms with Crippen molar-refractivity contribution in [2.45, 2.75) is 5.88 Å². The van der Waals surface area contributed by atoms with Gasteiger partial charge in [0, 0.05) is 43.9 Å². The van der Waals surface area contributed by atoms with E-state index in [0.29, 0.717) is 24.1 Å². The summed E-state index contributed by atoms with van der Waals surface area (Å²) in [5, 5.41) is 0.707. The SMILES string of the molecule is COCCN(CCOC)c1cc(Cl)ccc1CCl. The fraction of sp³-hybridized carbons (Fsp3) is 0.538. The molecule has 0 spiro atoms. The third-order valence-electron chi connectivity index (χ3n) is 2.66. The summed E-state index contributed by atoms with van der Waals surface area (Å²) in [6, 6.07) is 5.75. The molecule has 102 valence electrons. The molecule has 1 rings (SSSR count). The lowest BCUT2D eigenvalue weighted by atomic mass is 10.2. The van der Waals surface area contributed by atoms with Gasteiger partial charge in [-0.3, -0.25) is 0 Å². The first-order valence-electron chi connectivity index (χ1n) is 5.80. The predicted molar refractivity (Wildman–Crippen MR) is 77.0 cm³/mol. The van der Waals surface area contributed by atoms with Crippen LogP contribution in [0.1, 0.15) is 5.56 Å². The molecule has 1 aromatic carbocycles. The van der Waals surface area contributed by atoms with Crippen LogP contribution in [-0.4, -0.2) is 40.5 Å². The van der Waals surface area contributed by atoms with Gasteiger partial charge in [-0.2, -0.15) is 0 Å². The summed E-state index contributed by atoms with van der Waals surface area (Å²) in [7, 11) is 3.38. The van der Waals surface area contributed by atoms with E-state index in [-0.39, 0.29) is 0 Å². The van der Waals surface area contributed by atoms with Crippen LogP contribution in [0.5, 0.6) is 0 Å². The van der Waals surface area contributed by atoms with Gasteiger partial charge in [0.2, 0.25) is 0 Å². The molecule has 18 heavy (non-hydrogen) atoms. The fourth-order valence-corrected chi connectivity index (χ4v) is 2.09. The molecule has 1 aromatic rings. The molecule has 0 aromatic heterocycles. The highest BCUT2D eigenvalue weighted by atomic mass is 35.5. The van der Waals surface area contributed by atoms with Gasteiger partial charge in [-0.1, -0.05) is 17.7 Å². The van der Waals surface area contributed by atoms with Crippen LogP contribution in [0.4, 0.5) is 5.69 Å². The van der Waals surface area contributed by atoms with Gasteiger partial charge in [-0.05, 0) is 17.7 Å². The maximum absolute atomic E-state index is 6.05. The molecule has 0 aliphatic rings. The zero-order valence-electron chi connectivity index (χ0n) is 10.8. The minimum atomic E-state index is 0.461. The lowest BCUT2D eigenvalue weighted by molar-refractivity contribution is 0.190. The van der Waals surface area contributed by atoms with Crippen molar-refractivity contribution in [2.24, 2.45) is 0 Å². The van der Waals surface area contributed by atoms with Crippen LogP contribution in [0.2, 0.25) is 5.02 Å². The van der Waals surface area contributed by atoms with Gasteiger partial charge in [0.05, 0.1) is 13.2 Å². The second-order valence-electron chi connectivity index (χ2n) is 3.88. The van der Waals surface area contributed by atoms with Crippen LogP contribution < -0.4 is 4.90 Å². The fourth-order valence-electron chi connectivity index (χ4n) is 1.70. The summed E-state index contributed by atoms with van der Waals surface area (Å²) >= 11 is 12.0. The van der Waals surface area contributed by atoms with Crippen LogP contribution in [0.25, 0.3) is 0 Å². The molecule has 0 amide bonds. The summed E-state index contributed by atoms with van der Waals surface area (Å²) in [6.45, 7) is 2.87. The number of hydrogen-bond donors (Lipinski definition) is 0. The molecule has 0 unspecified atom stereocenters. The average Bonchev–Trinajstić information content (AvgIpc) is 2.39. The van der Waals surface area contributed by atoms with Gasteiger partial charge in [0.1, 0.15) is 0 Å². The van der Waals surface area contributed by atoms with Crippen molar-refractivity contribution < 1.29 is 9.47 Å². The topological polar surface area (TPSA) is 21.7 Å². The van der Waals surface area contributed by atoms with E-state index < -0.39 is 0 Å². The van der Waals surface area contributed by atoms with Crippen LogP contribution in [-0.2, 0) is 15.4 Å². The molecule has 0 heterocycles. The molecule has 0 aliphatic carbocycles. The molecular formula is C13H19Cl2NO2. The van der Waals surface area contributed by atoms with E-state index in [1.54, 1.807) is 14.2 Å². The zero-order chi connectivity index (χ0) is 13.4. The molecular weight excluding hydrogens is 273 g/mol. The number of ether oxygens (including phenoxy) is 2. The molecule has 0 bridgehead atoms. The first kappa shape index (κ1) is 15.6. The number of nitrogens with zero attached hydrogens (tertiary/aromatic N) is 1. The molecule has 0 aliphatic heterocycles. The number of hydrogen-bond acceptors (Lipinski definition) is 3. The third kappa shape index (κ3) is 4.65. The summed E-state index contributed by atoms with van der Waals surface area (Å²) < 4.78 is 10.3. The van der Waals surface area contributed by atoms with Gasteiger partial charge in [0.25, 0.3) is 0 Å². The van der Waals surface area contributed by atoms with Crippen LogP contribution >= 0.6 is 23.2 Å². The molecule has 3 nitrogen and oxygen atoms in total. The highest BCUT2D eigenvalue weighted by Crippen LogP contribution is 2.26. The molecule has 0 fully saturated rings.